The molecule has 1 aromatic carbocycles. The number of benzene rings is 1. The highest BCUT2D eigenvalue weighted by Gasteiger charge is 2.12. The minimum Gasteiger partial charge on any atom is -0.494 e. The standard InChI is InChI=1S/C16H18N8O2S2/c1-2-26-12-5-3-11(4-6-12)9-19-21-14-22-23-16(24(14)17)28-10-13(25)20-15-18-7-8-27-15/h3-9H,2,10,17H2,1H3,(H,21,22)(H,18,20,25)/b19-9+. The van der Waals surface area contributed by atoms with Crippen LogP contribution in [0, 0.1) is 0 Å². The predicted molar refractivity (Wildman–Crippen MR) is 110 cm³/mol. The Balaban J connectivity index is 1.50. The predicted octanol–water partition coefficient (Wildman–Crippen LogP) is 2.02. The molecular weight excluding hydrogens is 400 g/mol. The van der Waals surface area contributed by atoms with E-state index in [1.807, 2.05) is 31.2 Å². The second-order valence-corrected chi connectivity index (χ2v) is 7.06. The first-order valence-corrected chi connectivity index (χ1v) is 10.1. The lowest BCUT2D eigenvalue weighted by molar-refractivity contribution is -0.113. The van der Waals surface area contributed by atoms with E-state index in [1.165, 1.54) is 16.0 Å². The Morgan fingerprint density at radius 1 is 1.39 bits per heavy atom. The summed E-state index contributed by atoms with van der Waals surface area (Å²) in [5.74, 6) is 6.92. The summed E-state index contributed by atoms with van der Waals surface area (Å²) in [7, 11) is 0. The summed E-state index contributed by atoms with van der Waals surface area (Å²) in [6, 6.07) is 7.49. The number of nitrogens with two attached hydrogens (primary N) is 1. The van der Waals surface area contributed by atoms with Crippen molar-refractivity contribution in [1.29, 1.82) is 0 Å². The maximum absolute atomic E-state index is 11.9. The molecule has 0 fully saturated rings. The molecule has 0 bridgehead atoms. The van der Waals surface area contributed by atoms with E-state index in [2.05, 4.69) is 31.0 Å². The number of nitrogens with zero attached hydrogens (tertiary/aromatic N) is 5. The largest absolute Gasteiger partial charge is 0.494 e. The highest BCUT2D eigenvalue weighted by molar-refractivity contribution is 7.99. The van der Waals surface area contributed by atoms with Crippen LogP contribution in [-0.4, -0.2) is 44.3 Å². The number of nitrogens with one attached hydrogen (secondary N) is 2. The number of amides is 1. The average molecular weight is 419 g/mol. The smallest absolute Gasteiger partial charge is 0.264 e. The van der Waals surface area contributed by atoms with Crippen molar-refractivity contribution in [3.05, 3.63) is 41.4 Å². The van der Waals surface area contributed by atoms with Gasteiger partial charge in [-0.05, 0) is 36.8 Å². The molecule has 0 unspecified atom stereocenters. The van der Waals surface area contributed by atoms with Crippen molar-refractivity contribution in [2.75, 3.05) is 28.9 Å². The van der Waals surface area contributed by atoms with E-state index in [9.17, 15) is 4.79 Å². The number of thioether (sulfide) groups is 1. The van der Waals surface area contributed by atoms with Gasteiger partial charge in [0, 0.05) is 11.6 Å². The molecule has 0 aliphatic rings. The summed E-state index contributed by atoms with van der Waals surface area (Å²) in [6.07, 6.45) is 3.24. The van der Waals surface area contributed by atoms with Gasteiger partial charge in [-0.2, -0.15) is 5.10 Å². The van der Waals surface area contributed by atoms with Crippen LogP contribution in [0.5, 0.6) is 5.75 Å². The fraction of sp³-hybridized carbons (Fsp3) is 0.188. The van der Waals surface area contributed by atoms with Crippen LogP contribution in [0.1, 0.15) is 12.5 Å². The Bertz CT molecular complexity index is 925. The molecule has 0 saturated heterocycles. The molecule has 1 amide bonds. The van der Waals surface area contributed by atoms with Gasteiger partial charge in [-0.3, -0.25) is 4.79 Å². The van der Waals surface area contributed by atoms with Gasteiger partial charge in [0.25, 0.3) is 5.95 Å². The third-order valence-corrected chi connectivity index (χ3v) is 4.88. The van der Waals surface area contributed by atoms with E-state index in [-0.39, 0.29) is 17.6 Å². The van der Waals surface area contributed by atoms with Crippen molar-refractivity contribution < 1.29 is 9.53 Å². The van der Waals surface area contributed by atoms with Gasteiger partial charge >= 0.3 is 0 Å². The first-order valence-electron chi connectivity index (χ1n) is 8.20. The number of nitrogen functional groups attached to an aromatic ring is 1. The minimum atomic E-state index is -0.203. The van der Waals surface area contributed by atoms with Crippen LogP contribution in [-0.2, 0) is 4.79 Å². The maximum atomic E-state index is 11.9. The Morgan fingerprint density at radius 3 is 2.93 bits per heavy atom. The highest BCUT2D eigenvalue weighted by Crippen LogP contribution is 2.18. The van der Waals surface area contributed by atoms with Gasteiger partial charge in [-0.15, -0.1) is 21.5 Å². The fourth-order valence-corrected chi connectivity index (χ4v) is 3.21. The summed E-state index contributed by atoms with van der Waals surface area (Å²) in [5.41, 5.74) is 3.61. The van der Waals surface area contributed by atoms with Gasteiger partial charge in [0.15, 0.2) is 5.13 Å². The Labute approximate surface area is 169 Å². The number of aromatic nitrogens is 4. The molecule has 12 heteroatoms. The molecule has 0 aliphatic heterocycles. The van der Waals surface area contributed by atoms with Gasteiger partial charge in [-0.25, -0.2) is 15.1 Å². The lowest BCUT2D eigenvalue weighted by Crippen LogP contribution is -2.16. The molecule has 0 atom stereocenters. The van der Waals surface area contributed by atoms with Crippen LogP contribution >= 0.6 is 23.1 Å². The molecule has 10 nitrogen and oxygen atoms in total. The fourth-order valence-electron chi connectivity index (χ4n) is 2.00. The zero-order valence-electron chi connectivity index (χ0n) is 14.9. The number of rotatable bonds is 9. The first kappa shape index (κ1) is 19.6. The molecule has 146 valence electrons. The first-order chi connectivity index (χ1) is 13.7. The Hall–Kier alpha value is -3.12. The van der Waals surface area contributed by atoms with Crippen molar-refractivity contribution in [3.63, 3.8) is 0 Å². The Kier molecular flexibility index (Phi) is 6.81. The number of hydrogen-bond acceptors (Lipinski definition) is 10. The van der Waals surface area contributed by atoms with E-state index < -0.39 is 0 Å². The van der Waals surface area contributed by atoms with E-state index >= 15 is 0 Å². The second kappa shape index (κ2) is 9.71. The van der Waals surface area contributed by atoms with E-state index in [1.54, 1.807) is 17.8 Å². The van der Waals surface area contributed by atoms with Gasteiger partial charge in [0.1, 0.15) is 5.75 Å². The number of hydrogen-bond donors (Lipinski definition) is 3. The SMILES string of the molecule is CCOc1ccc(/C=N/Nc2nnc(SCC(=O)Nc3nccs3)n2N)cc1. The third kappa shape index (κ3) is 5.44. The molecule has 2 aromatic heterocycles. The number of hydrazone groups is 1. The second-order valence-electron chi connectivity index (χ2n) is 5.22. The number of ether oxygens (including phenoxy) is 1. The van der Waals surface area contributed by atoms with Gasteiger partial charge < -0.3 is 15.9 Å². The van der Waals surface area contributed by atoms with Crippen molar-refractivity contribution in [1.82, 2.24) is 19.9 Å². The number of carbonyl (C=O) groups excluding carboxylic acids is 1. The Morgan fingerprint density at radius 2 is 2.21 bits per heavy atom. The van der Waals surface area contributed by atoms with E-state index in [0.29, 0.717) is 16.9 Å². The van der Waals surface area contributed by atoms with Crippen molar-refractivity contribution >= 4 is 46.3 Å². The molecule has 0 radical (unpaired) electrons. The summed E-state index contributed by atoms with van der Waals surface area (Å²) < 4.78 is 6.62. The van der Waals surface area contributed by atoms with Crippen LogP contribution < -0.4 is 21.3 Å². The van der Waals surface area contributed by atoms with Gasteiger partial charge in [-0.1, -0.05) is 11.8 Å². The maximum Gasteiger partial charge on any atom is 0.264 e. The van der Waals surface area contributed by atoms with Crippen molar-refractivity contribution in [2.24, 2.45) is 5.10 Å². The highest BCUT2D eigenvalue weighted by atomic mass is 32.2. The number of anilines is 2. The minimum absolute atomic E-state index is 0.129. The molecule has 2 heterocycles. The summed E-state index contributed by atoms with van der Waals surface area (Å²) >= 11 is 2.50. The van der Waals surface area contributed by atoms with Gasteiger partial charge in [0.2, 0.25) is 11.1 Å². The topological polar surface area (TPSA) is 132 Å². The molecular formula is C16H18N8O2S2. The zero-order chi connectivity index (χ0) is 19.8. The van der Waals surface area contributed by atoms with Crippen LogP contribution in [0.2, 0.25) is 0 Å². The average Bonchev–Trinajstić information content (AvgIpc) is 3.32. The quantitative estimate of drug-likeness (QED) is 0.208. The molecule has 0 spiro atoms. The molecule has 4 N–H and O–H groups in total. The summed E-state index contributed by atoms with van der Waals surface area (Å²) in [5, 5.41) is 17.4. The van der Waals surface area contributed by atoms with Crippen LogP contribution in [0.3, 0.4) is 0 Å². The zero-order valence-corrected chi connectivity index (χ0v) is 16.5. The van der Waals surface area contributed by atoms with Gasteiger partial charge in [0.05, 0.1) is 18.6 Å². The van der Waals surface area contributed by atoms with Crippen LogP contribution in [0.4, 0.5) is 11.1 Å². The third-order valence-electron chi connectivity index (χ3n) is 3.24. The lowest BCUT2D eigenvalue weighted by atomic mass is 10.2. The molecule has 0 saturated carbocycles. The molecule has 3 aromatic rings. The van der Waals surface area contributed by atoms with Crippen LogP contribution in [0.25, 0.3) is 0 Å². The summed E-state index contributed by atoms with van der Waals surface area (Å²) in [6.45, 7) is 2.55. The van der Waals surface area contributed by atoms with Crippen LogP contribution in [0.15, 0.2) is 46.1 Å². The monoisotopic (exact) mass is 418 g/mol. The number of thiazole rings is 1. The molecule has 0 aliphatic carbocycles. The molecule has 3 rings (SSSR count). The summed E-state index contributed by atoms with van der Waals surface area (Å²) in [4.78, 5) is 15.9. The number of carbonyl (C=O) groups is 1. The lowest BCUT2D eigenvalue weighted by Gasteiger charge is -2.03. The normalized spacial score (nSPS) is 10.9. The van der Waals surface area contributed by atoms with E-state index in [4.69, 9.17) is 10.6 Å². The van der Waals surface area contributed by atoms with Crippen molar-refractivity contribution in [3.8, 4) is 5.75 Å². The van der Waals surface area contributed by atoms with Crippen molar-refractivity contribution in [2.45, 2.75) is 12.1 Å². The van der Waals surface area contributed by atoms with E-state index in [0.717, 1.165) is 23.1 Å². The molecule has 28 heavy (non-hydrogen) atoms.